The number of benzene rings is 1. The Hall–Kier alpha value is -2.24. The SMILES string of the molecule is CCCC[C@H](NC(=O)c1ccc(OC)c(O)c1)C(=O)O. The second kappa shape index (κ2) is 7.37. The molecule has 3 N–H and O–H groups in total. The zero-order valence-electron chi connectivity index (χ0n) is 11.5. The van der Waals surface area contributed by atoms with Gasteiger partial charge in [-0.15, -0.1) is 0 Å². The molecule has 0 fully saturated rings. The smallest absolute Gasteiger partial charge is 0.326 e. The zero-order chi connectivity index (χ0) is 15.1. The number of ether oxygens (including phenoxy) is 1. The number of carboxylic acids is 1. The van der Waals surface area contributed by atoms with E-state index in [4.69, 9.17) is 9.84 Å². The van der Waals surface area contributed by atoms with Gasteiger partial charge in [0, 0.05) is 5.56 Å². The predicted molar refractivity (Wildman–Crippen MR) is 73.1 cm³/mol. The van der Waals surface area contributed by atoms with Crippen molar-refractivity contribution in [3.63, 3.8) is 0 Å². The van der Waals surface area contributed by atoms with Gasteiger partial charge in [-0.3, -0.25) is 4.79 Å². The molecule has 6 heteroatoms. The number of methoxy groups -OCH3 is 1. The van der Waals surface area contributed by atoms with Gasteiger partial charge in [0.1, 0.15) is 6.04 Å². The summed E-state index contributed by atoms with van der Waals surface area (Å²) < 4.78 is 4.88. The maximum atomic E-state index is 11.9. The molecule has 0 saturated carbocycles. The summed E-state index contributed by atoms with van der Waals surface area (Å²) >= 11 is 0. The van der Waals surface area contributed by atoms with Crippen LogP contribution in [0.25, 0.3) is 0 Å². The van der Waals surface area contributed by atoms with Crippen LogP contribution in [0.4, 0.5) is 0 Å². The largest absolute Gasteiger partial charge is 0.504 e. The van der Waals surface area contributed by atoms with Crippen LogP contribution in [0, 0.1) is 0 Å². The van der Waals surface area contributed by atoms with Gasteiger partial charge in [0.2, 0.25) is 0 Å². The molecule has 1 aromatic rings. The molecule has 0 radical (unpaired) electrons. The molecule has 1 rings (SSSR count). The van der Waals surface area contributed by atoms with Crippen molar-refractivity contribution in [2.75, 3.05) is 7.11 Å². The van der Waals surface area contributed by atoms with E-state index in [0.29, 0.717) is 12.8 Å². The summed E-state index contributed by atoms with van der Waals surface area (Å²) in [5.41, 5.74) is 0.186. The van der Waals surface area contributed by atoms with Gasteiger partial charge in [-0.25, -0.2) is 4.79 Å². The summed E-state index contributed by atoms with van der Waals surface area (Å²) in [5.74, 6) is -1.51. The first-order valence-electron chi connectivity index (χ1n) is 6.40. The Bertz CT molecular complexity index is 486. The van der Waals surface area contributed by atoms with Crippen molar-refractivity contribution in [2.45, 2.75) is 32.2 Å². The third-order valence-electron chi connectivity index (χ3n) is 2.89. The molecule has 0 aliphatic heterocycles. The molecule has 1 amide bonds. The third kappa shape index (κ3) is 4.15. The van der Waals surface area contributed by atoms with E-state index in [1.807, 2.05) is 6.92 Å². The van der Waals surface area contributed by atoms with Crippen molar-refractivity contribution in [1.29, 1.82) is 0 Å². The lowest BCUT2D eigenvalue weighted by Gasteiger charge is -2.14. The molecule has 0 saturated heterocycles. The zero-order valence-corrected chi connectivity index (χ0v) is 11.5. The molecule has 0 spiro atoms. The highest BCUT2D eigenvalue weighted by Crippen LogP contribution is 2.26. The summed E-state index contributed by atoms with van der Waals surface area (Å²) in [6.07, 6.45) is 1.94. The molecule has 0 heterocycles. The Morgan fingerprint density at radius 2 is 2.10 bits per heavy atom. The van der Waals surface area contributed by atoms with Crippen LogP contribution in [0.2, 0.25) is 0 Å². The molecule has 0 aliphatic rings. The van der Waals surface area contributed by atoms with Crippen LogP contribution in [0.3, 0.4) is 0 Å². The quantitative estimate of drug-likeness (QED) is 0.708. The number of unbranched alkanes of at least 4 members (excludes halogenated alkanes) is 1. The van der Waals surface area contributed by atoms with Crippen molar-refractivity contribution in [3.8, 4) is 11.5 Å². The van der Waals surface area contributed by atoms with Gasteiger partial charge in [0.25, 0.3) is 5.91 Å². The van der Waals surface area contributed by atoms with Crippen LogP contribution in [0.15, 0.2) is 18.2 Å². The number of amides is 1. The lowest BCUT2D eigenvalue weighted by Crippen LogP contribution is -2.40. The van der Waals surface area contributed by atoms with Crippen LogP contribution in [-0.2, 0) is 4.79 Å². The van der Waals surface area contributed by atoms with Crippen LogP contribution in [0.5, 0.6) is 11.5 Å². The molecule has 1 aromatic carbocycles. The number of aromatic hydroxyl groups is 1. The van der Waals surface area contributed by atoms with Gasteiger partial charge in [0.05, 0.1) is 7.11 Å². The first-order valence-corrected chi connectivity index (χ1v) is 6.40. The standard InChI is InChI=1S/C14H19NO5/c1-3-4-5-10(14(18)19)15-13(17)9-6-7-12(20-2)11(16)8-9/h6-8,10,16H,3-5H2,1-2H3,(H,15,17)(H,18,19)/t10-/m0/s1. The van der Waals surface area contributed by atoms with Crippen molar-refractivity contribution in [2.24, 2.45) is 0 Å². The molecule has 6 nitrogen and oxygen atoms in total. The Kier molecular flexibility index (Phi) is 5.83. The van der Waals surface area contributed by atoms with E-state index in [0.717, 1.165) is 6.42 Å². The minimum absolute atomic E-state index is 0.166. The molecule has 0 unspecified atom stereocenters. The maximum Gasteiger partial charge on any atom is 0.326 e. The molecular weight excluding hydrogens is 262 g/mol. The third-order valence-corrected chi connectivity index (χ3v) is 2.89. The summed E-state index contributed by atoms with van der Waals surface area (Å²) in [5, 5.41) is 21.1. The second-order valence-corrected chi connectivity index (χ2v) is 4.39. The van der Waals surface area contributed by atoms with Crippen molar-refractivity contribution in [1.82, 2.24) is 5.32 Å². The van der Waals surface area contributed by atoms with E-state index >= 15 is 0 Å². The first-order chi connectivity index (χ1) is 9.49. The average Bonchev–Trinajstić information content (AvgIpc) is 2.42. The number of carbonyl (C=O) groups excluding carboxylic acids is 1. The van der Waals surface area contributed by atoms with Crippen LogP contribution in [0.1, 0.15) is 36.5 Å². The highest BCUT2D eigenvalue weighted by Gasteiger charge is 2.20. The lowest BCUT2D eigenvalue weighted by atomic mass is 10.1. The normalized spacial score (nSPS) is 11.7. The molecule has 20 heavy (non-hydrogen) atoms. The van der Waals surface area contributed by atoms with Gasteiger partial charge >= 0.3 is 5.97 Å². The van der Waals surface area contributed by atoms with Crippen molar-refractivity contribution in [3.05, 3.63) is 23.8 Å². The number of carboxylic acid groups (broad SMARTS) is 1. The number of hydrogen-bond donors (Lipinski definition) is 3. The number of hydrogen-bond acceptors (Lipinski definition) is 4. The van der Waals surface area contributed by atoms with Crippen LogP contribution < -0.4 is 10.1 Å². The van der Waals surface area contributed by atoms with Gasteiger partial charge in [-0.1, -0.05) is 19.8 Å². The molecule has 0 aromatic heterocycles. The van der Waals surface area contributed by atoms with E-state index in [-0.39, 0.29) is 17.1 Å². The number of nitrogens with one attached hydrogen (secondary N) is 1. The van der Waals surface area contributed by atoms with E-state index < -0.39 is 17.9 Å². The minimum Gasteiger partial charge on any atom is -0.504 e. The Morgan fingerprint density at radius 1 is 1.40 bits per heavy atom. The Labute approximate surface area is 117 Å². The highest BCUT2D eigenvalue weighted by molar-refractivity contribution is 5.97. The summed E-state index contributed by atoms with van der Waals surface area (Å²) in [6, 6.07) is 3.23. The molecule has 110 valence electrons. The Balaban J connectivity index is 2.78. The van der Waals surface area contributed by atoms with Crippen LogP contribution >= 0.6 is 0 Å². The second-order valence-electron chi connectivity index (χ2n) is 4.39. The fourth-order valence-electron chi connectivity index (χ4n) is 1.74. The van der Waals surface area contributed by atoms with E-state index in [1.54, 1.807) is 0 Å². The number of rotatable bonds is 7. The fraction of sp³-hybridized carbons (Fsp3) is 0.429. The number of phenolic OH excluding ortho intramolecular Hbond substituents is 1. The predicted octanol–water partition coefficient (Wildman–Crippen LogP) is 1.77. The lowest BCUT2D eigenvalue weighted by molar-refractivity contribution is -0.139. The summed E-state index contributed by atoms with van der Waals surface area (Å²) in [4.78, 5) is 23.0. The van der Waals surface area contributed by atoms with E-state index in [1.165, 1.54) is 25.3 Å². The number of phenols is 1. The maximum absolute atomic E-state index is 11.9. The van der Waals surface area contributed by atoms with Gasteiger partial charge < -0.3 is 20.3 Å². The summed E-state index contributed by atoms with van der Waals surface area (Å²) in [6.45, 7) is 1.95. The van der Waals surface area contributed by atoms with Crippen molar-refractivity contribution < 1.29 is 24.5 Å². The summed E-state index contributed by atoms with van der Waals surface area (Å²) in [7, 11) is 1.40. The van der Waals surface area contributed by atoms with E-state index in [9.17, 15) is 14.7 Å². The molecular formula is C14H19NO5. The van der Waals surface area contributed by atoms with Gasteiger partial charge in [-0.05, 0) is 24.6 Å². The molecule has 0 bridgehead atoms. The van der Waals surface area contributed by atoms with Crippen molar-refractivity contribution >= 4 is 11.9 Å². The first kappa shape index (κ1) is 15.8. The molecule has 0 aliphatic carbocycles. The number of aliphatic carboxylic acids is 1. The van der Waals surface area contributed by atoms with E-state index in [2.05, 4.69) is 5.32 Å². The monoisotopic (exact) mass is 281 g/mol. The average molecular weight is 281 g/mol. The highest BCUT2D eigenvalue weighted by atomic mass is 16.5. The fourth-order valence-corrected chi connectivity index (χ4v) is 1.74. The molecule has 1 atom stereocenters. The van der Waals surface area contributed by atoms with Gasteiger partial charge in [-0.2, -0.15) is 0 Å². The number of carbonyl (C=O) groups is 2. The van der Waals surface area contributed by atoms with Crippen LogP contribution in [-0.4, -0.2) is 35.2 Å². The Morgan fingerprint density at radius 3 is 2.60 bits per heavy atom. The minimum atomic E-state index is -1.07. The topological polar surface area (TPSA) is 95.9 Å². The van der Waals surface area contributed by atoms with Gasteiger partial charge in [0.15, 0.2) is 11.5 Å².